The summed E-state index contributed by atoms with van der Waals surface area (Å²) < 4.78 is 0. The summed E-state index contributed by atoms with van der Waals surface area (Å²) in [6.07, 6.45) is 6.46. The van der Waals surface area contributed by atoms with Crippen LogP contribution in [0.1, 0.15) is 17.5 Å². The second-order valence-electron chi connectivity index (χ2n) is 6.36. The van der Waals surface area contributed by atoms with Gasteiger partial charge in [0.25, 0.3) is 0 Å². The highest BCUT2D eigenvalue weighted by molar-refractivity contribution is 6.32. The minimum Gasteiger partial charge on any atom is -0.361 e. The third kappa shape index (κ3) is 3.12. The molecule has 0 saturated heterocycles. The van der Waals surface area contributed by atoms with Gasteiger partial charge in [-0.15, -0.1) is 0 Å². The number of rotatable bonds is 4. The molecule has 0 saturated carbocycles. The topological polar surface area (TPSA) is 19.0 Å². The Morgan fingerprint density at radius 1 is 1.04 bits per heavy atom. The zero-order valence-corrected chi connectivity index (χ0v) is 14.4. The van der Waals surface area contributed by atoms with Crippen molar-refractivity contribution in [2.75, 3.05) is 19.6 Å². The molecule has 0 atom stereocenters. The number of H-pyrrole nitrogens is 1. The van der Waals surface area contributed by atoms with E-state index >= 15 is 0 Å². The fourth-order valence-electron chi connectivity index (χ4n) is 3.52. The first-order valence-corrected chi connectivity index (χ1v) is 8.90. The van der Waals surface area contributed by atoms with Crippen LogP contribution in [0.3, 0.4) is 0 Å². The molecule has 4 rings (SSSR count). The highest BCUT2D eigenvalue weighted by Gasteiger charge is 2.14. The van der Waals surface area contributed by atoms with Crippen molar-refractivity contribution < 1.29 is 0 Å². The molecule has 2 heterocycles. The number of halogens is 1. The van der Waals surface area contributed by atoms with Crippen LogP contribution in [0.2, 0.25) is 5.02 Å². The molecule has 0 fully saturated rings. The molecule has 0 radical (unpaired) electrons. The van der Waals surface area contributed by atoms with Crippen LogP contribution in [0.4, 0.5) is 0 Å². The monoisotopic (exact) mass is 336 g/mol. The number of benzene rings is 2. The van der Waals surface area contributed by atoms with Gasteiger partial charge in [-0.3, -0.25) is 4.90 Å². The Hall–Kier alpha value is -2.03. The molecule has 2 nitrogen and oxygen atoms in total. The first kappa shape index (κ1) is 15.5. The predicted molar refractivity (Wildman–Crippen MR) is 102 cm³/mol. The summed E-state index contributed by atoms with van der Waals surface area (Å²) in [5, 5.41) is 2.12. The van der Waals surface area contributed by atoms with Gasteiger partial charge in [-0.2, -0.15) is 0 Å². The van der Waals surface area contributed by atoms with E-state index < -0.39 is 0 Å². The smallest absolute Gasteiger partial charge is 0.0457 e. The molecule has 1 N–H and O–H groups in total. The van der Waals surface area contributed by atoms with Crippen molar-refractivity contribution in [2.45, 2.75) is 12.8 Å². The van der Waals surface area contributed by atoms with Crippen molar-refractivity contribution in [3.05, 3.63) is 77.0 Å². The molecule has 0 bridgehead atoms. The van der Waals surface area contributed by atoms with Gasteiger partial charge in [0.2, 0.25) is 0 Å². The van der Waals surface area contributed by atoms with Gasteiger partial charge in [-0.25, -0.2) is 0 Å². The van der Waals surface area contributed by atoms with Crippen molar-refractivity contribution in [2.24, 2.45) is 0 Å². The van der Waals surface area contributed by atoms with Crippen molar-refractivity contribution in [1.29, 1.82) is 0 Å². The third-order valence-corrected chi connectivity index (χ3v) is 5.26. The Labute approximate surface area is 147 Å². The number of aromatic nitrogens is 1. The Bertz CT molecular complexity index is 864. The van der Waals surface area contributed by atoms with Crippen LogP contribution in [-0.2, 0) is 6.42 Å². The summed E-state index contributed by atoms with van der Waals surface area (Å²) in [5.74, 6) is 0. The van der Waals surface area contributed by atoms with Crippen LogP contribution in [-0.4, -0.2) is 29.5 Å². The van der Waals surface area contributed by atoms with E-state index in [0.29, 0.717) is 0 Å². The van der Waals surface area contributed by atoms with Gasteiger partial charge in [0.1, 0.15) is 0 Å². The molecule has 0 aliphatic carbocycles. The number of fused-ring (bicyclic) bond motifs is 1. The van der Waals surface area contributed by atoms with Crippen molar-refractivity contribution >= 4 is 28.1 Å². The number of nitrogens with one attached hydrogen (secondary N) is 1. The summed E-state index contributed by atoms with van der Waals surface area (Å²) in [6.45, 7) is 3.18. The molecule has 3 aromatic rings. The molecular weight excluding hydrogens is 316 g/mol. The molecule has 0 amide bonds. The molecule has 1 aliphatic heterocycles. The van der Waals surface area contributed by atoms with Crippen molar-refractivity contribution in [1.82, 2.24) is 9.88 Å². The number of nitrogens with zero attached hydrogens (tertiary/aromatic N) is 1. The normalized spacial score (nSPS) is 15.6. The minimum atomic E-state index is 0.875. The second kappa shape index (κ2) is 6.84. The van der Waals surface area contributed by atoms with Gasteiger partial charge in [0.05, 0.1) is 0 Å². The van der Waals surface area contributed by atoms with Gasteiger partial charge in [-0.05, 0) is 47.7 Å². The fraction of sp³-hybridized carbons (Fsp3) is 0.238. The quantitative estimate of drug-likeness (QED) is 0.697. The van der Waals surface area contributed by atoms with E-state index in [4.69, 9.17) is 11.6 Å². The largest absolute Gasteiger partial charge is 0.361 e. The zero-order valence-electron chi connectivity index (χ0n) is 13.6. The number of hydrogen-bond donors (Lipinski definition) is 1. The summed E-state index contributed by atoms with van der Waals surface area (Å²) in [5.41, 5.74) is 5.25. The van der Waals surface area contributed by atoms with Crippen molar-refractivity contribution in [3.8, 4) is 0 Å². The zero-order chi connectivity index (χ0) is 16.4. The van der Waals surface area contributed by atoms with E-state index in [1.54, 1.807) is 0 Å². The van der Waals surface area contributed by atoms with Crippen molar-refractivity contribution in [3.63, 3.8) is 0 Å². The molecule has 122 valence electrons. The summed E-state index contributed by atoms with van der Waals surface area (Å²) in [4.78, 5) is 5.78. The molecular formula is C21H21ClN2. The van der Waals surface area contributed by atoms with Crippen LogP contribution >= 0.6 is 11.6 Å². The summed E-state index contributed by atoms with van der Waals surface area (Å²) in [6, 6.07) is 16.9. The molecule has 0 unspecified atom stereocenters. The maximum atomic E-state index is 6.44. The van der Waals surface area contributed by atoms with Crippen LogP contribution in [0.15, 0.2) is 60.8 Å². The first-order valence-electron chi connectivity index (χ1n) is 8.52. The molecule has 2 aromatic carbocycles. The lowest BCUT2D eigenvalue weighted by molar-refractivity contribution is 0.306. The Balaban J connectivity index is 1.43. The SMILES string of the molecule is Clc1ccc2[nH]ccc2c1CCN1CC=C(c2ccccc2)CC1. The van der Waals surface area contributed by atoms with Gasteiger partial charge in [0.15, 0.2) is 0 Å². The summed E-state index contributed by atoms with van der Waals surface area (Å²) >= 11 is 6.44. The fourth-order valence-corrected chi connectivity index (χ4v) is 3.78. The lowest BCUT2D eigenvalue weighted by Crippen LogP contribution is -2.30. The Kier molecular flexibility index (Phi) is 4.42. The summed E-state index contributed by atoms with van der Waals surface area (Å²) in [7, 11) is 0. The van der Waals surface area contributed by atoms with E-state index in [0.717, 1.165) is 37.5 Å². The van der Waals surface area contributed by atoms with E-state index in [1.807, 2.05) is 12.3 Å². The van der Waals surface area contributed by atoms with Crippen LogP contribution < -0.4 is 0 Å². The van der Waals surface area contributed by atoms with Gasteiger partial charge in [0, 0.05) is 41.8 Å². The van der Waals surface area contributed by atoms with Gasteiger partial charge < -0.3 is 4.98 Å². The van der Waals surface area contributed by atoms with Crippen LogP contribution in [0, 0.1) is 0 Å². The lowest BCUT2D eigenvalue weighted by atomic mass is 9.99. The molecule has 1 aromatic heterocycles. The van der Waals surface area contributed by atoms with Crippen LogP contribution in [0.5, 0.6) is 0 Å². The highest BCUT2D eigenvalue weighted by atomic mass is 35.5. The van der Waals surface area contributed by atoms with Gasteiger partial charge >= 0.3 is 0 Å². The van der Waals surface area contributed by atoms with E-state index in [2.05, 4.69) is 58.4 Å². The first-order chi connectivity index (χ1) is 11.8. The van der Waals surface area contributed by atoms with Crippen LogP contribution in [0.25, 0.3) is 16.5 Å². The molecule has 24 heavy (non-hydrogen) atoms. The predicted octanol–water partition coefficient (Wildman–Crippen LogP) is 5.15. The Morgan fingerprint density at radius 3 is 2.71 bits per heavy atom. The standard InChI is InChI=1S/C21H21ClN2/c22-20-6-7-21-19(8-12-23-21)18(20)11-15-24-13-9-17(10-14-24)16-4-2-1-3-5-16/h1-9,12,23H,10-11,13-15H2. The minimum absolute atomic E-state index is 0.875. The number of hydrogen-bond acceptors (Lipinski definition) is 1. The van der Waals surface area contributed by atoms with E-state index in [-0.39, 0.29) is 0 Å². The average Bonchev–Trinajstić information content (AvgIpc) is 3.11. The van der Waals surface area contributed by atoms with E-state index in [9.17, 15) is 0 Å². The maximum absolute atomic E-state index is 6.44. The average molecular weight is 337 g/mol. The lowest BCUT2D eigenvalue weighted by Gasteiger charge is -2.26. The second-order valence-corrected chi connectivity index (χ2v) is 6.77. The third-order valence-electron chi connectivity index (χ3n) is 4.90. The number of aromatic amines is 1. The highest BCUT2D eigenvalue weighted by Crippen LogP contribution is 2.27. The molecule has 3 heteroatoms. The van der Waals surface area contributed by atoms with E-state index in [1.165, 1.54) is 27.6 Å². The Morgan fingerprint density at radius 2 is 1.92 bits per heavy atom. The van der Waals surface area contributed by atoms with Gasteiger partial charge in [-0.1, -0.05) is 48.0 Å². The molecule has 0 spiro atoms. The maximum Gasteiger partial charge on any atom is 0.0457 e. The molecule has 1 aliphatic rings.